The highest BCUT2D eigenvalue weighted by atomic mass is 16.3. The molecule has 0 aromatic carbocycles. The van der Waals surface area contributed by atoms with Gasteiger partial charge in [-0.3, -0.25) is 4.79 Å². The first-order chi connectivity index (χ1) is 8.13. The Morgan fingerprint density at radius 2 is 2.35 bits per heavy atom. The van der Waals surface area contributed by atoms with E-state index in [0.717, 1.165) is 45.2 Å². The van der Waals surface area contributed by atoms with Gasteiger partial charge < -0.3 is 15.7 Å². The fourth-order valence-corrected chi connectivity index (χ4v) is 2.44. The molecule has 2 atom stereocenters. The quantitative estimate of drug-likeness (QED) is 0.733. The second kappa shape index (κ2) is 7.67. The summed E-state index contributed by atoms with van der Waals surface area (Å²) >= 11 is 0. The number of aliphatic hydroxyl groups is 1. The molecule has 1 aliphatic rings. The molecule has 2 unspecified atom stereocenters. The Labute approximate surface area is 104 Å². The zero-order valence-electron chi connectivity index (χ0n) is 10.9. The molecule has 1 saturated heterocycles. The number of rotatable bonds is 6. The van der Waals surface area contributed by atoms with Gasteiger partial charge in [0.2, 0.25) is 5.91 Å². The molecule has 1 rings (SSSR count). The van der Waals surface area contributed by atoms with Gasteiger partial charge in [0.1, 0.15) is 0 Å². The Balaban J connectivity index is 2.25. The van der Waals surface area contributed by atoms with Crippen LogP contribution in [0, 0.1) is 5.92 Å². The molecular formula is C13H26N2O2. The Hall–Kier alpha value is -0.610. The molecule has 0 aromatic heterocycles. The van der Waals surface area contributed by atoms with Crippen LogP contribution in [0.2, 0.25) is 0 Å². The van der Waals surface area contributed by atoms with Gasteiger partial charge in [0.25, 0.3) is 0 Å². The molecule has 4 nitrogen and oxygen atoms in total. The number of hydrogen-bond donors (Lipinski definition) is 2. The topological polar surface area (TPSA) is 66.6 Å². The van der Waals surface area contributed by atoms with Gasteiger partial charge in [0, 0.05) is 32.2 Å². The summed E-state index contributed by atoms with van der Waals surface area (Å²) in [6.07, 6.45) is 5.46. The van der Waals surface area contributed by atoms with Crippen LogP contribution in [0.1, 0.15) is 45.4 Å². The van der Waals surface area contributed by atoms with E-state index in [1.165, 1.54) is 0 Å². The maximum absolute atomic E-state index is 12.0. The van der Waals surface area contributed by atoms with Crippen LogP contribution in [0.5, 0.6) is 0 Å². The van der Waals surface area contributed by atoms with Crippen LogP contribution in [0.4, 0.5) is 0 Å². The molecule has 1 heterocycles. The number of carbonyl (C=O) groups excluding carboxylic acids is 1. The summed E-state index contributed by atoms with van der Waals surface area (Å²) in [4.78, 5) is 13.9. The van der Waals surface area contributed by atoms with E-state index in [1.807, 2.05) is 11.8 Å². The predicted molar refractivity (Wildman–Crippen MR) is 68.5 cm³/mol. The lowest BCUT2D eigenvalue weighted by Crippen LogP contribution is -2.40. The average Bonchev–Trinajstić information content (AvgIpc) is 2.29. The molecule has 17 heavy (non-hydrogen) atoms. The third kappa shape index (κ3) is 5.50. The van der Waals surface area contributed by atoms with Crippen molar-refractivity contribution in [2.75, 3.05) is 19.7 Å². The zero-order chi connectivity index (χ0) is 12.7. The first-order valence-corrected chi connectivity index (χ1v) is 6.77. The maximum Gasteiger partial charge on any atom is 0.222 e. The van der Waals surface area contributed by atoms with Crippen molar-refractivity contribution >= 4 is 5.91 Å². The summed E-state index contributed by atoms with van der Waals surface area (Å²) in [6.45, 7) is 3.93. The Morgan fingerprint density at radius 1 is 1.59 bits per heavy atom. The van der Waals surface area contributed by atoms with E-state index in [0.29, 0.717) is 12.3 Å². The fourth-order valence-electron chi connectivity index (χ4n) is 2.44. The van der Waals surface area contributed by atoms with Crippen molar-refractivity contribution in [3.05, 3.63) is 0 Å². The number of piperidine rings is 1. The summed E-state index contributed by atoms with van der Waals surface area (Å²) in [5.74, 6) is 0.749. The van der Waals surface area contributed by atoms with E-state index >= 15 is 0 Å². The molecule has 3 N–H and O–H groups in total. The van der Waals surface area contributed by atoms with Gasteiger partial charge in [0.15, 0.2) is 0 Å². The molecule has 0 radical (unpaired) electrons. The molecule has 0 aromatic rings. The number of likely N-dealkylation sites (tertiary alicyclic amines) is 1. The third-order valence-corrected chi connectivity index (χ3v) is 3.46. The van der Waals surface area contributed by atoms with Crippen LogP contribution >= 0.6 is 0 Å². The van der Waals surface area contributed by atoms with Crippen molar-refractivity contribution in [2.24, 2.45) is 11.7 Å². The molecule has 0 saturated carbocycles. The molecule has 4 heteroatoms. The van der Waals surface area contributed by atoms with Crippen molar-refractivity contribution in [3.8, 4) is 0 Å². The average molecular weight is 242 g/mol. The number of aliphatic hydroxyl groups excluding tert-OH is 1. The lowest BCUT2D eigenvalue weighted by molar-refractivity contribution is -0.133. The van der Waals surface area contributed by atoms with Crippen molar-refractivity contribution in [1.82, 2.24) is 4.90 Å². The Bertz CT molecular complexity index is 229. The molecule has 100 valence electrons. The lowest BCUT2D eigenvalue weighted by Gasteiger charge is -2.32. The van der Waals surface area contributed by atoms with Crippen LogP contribution in [0.3, 0.4) is 0 Å². The van der Waals surface area contributed by atoms with Crippen LogP contribution in [0.15, 0.2) is 0 Å². The number of amides is 1. The highest BCUT2D eigenvalue weighted by molar-refractivity contribution is 5.76. The summed E-state index contributed by atoms with van der Waals surface area (Å²) in [5, 5.41) is 8.93. The third-order valence-electron chi connectivity index (χ3n) is 3.46. The minimum absolute atomic E-state index is 0.186. The monoisotopic (exact) mass is 242 g/mol. The smallest absolute Gasteiger partial charge is 0.222 e. The van der Waals surface area contributed by atoms with Crippen molar-refractivity contribution in [3.63, 3.8) is 0 Å². The minimum Gasteiger partial charge on any atom is -0.396 e. The van der Waals surface area contributed by atoms with Gasteiger partial charge in [-0.15, -0.1) is 0 Å². The van der Waals surface area contributed by atoms with Gasteiger partial charge in [-0.1, -0.05) is 0 Å². The van der Waals surface area contributed by atoms with Crippen LogP contribution < -0.4 is 5.73 Å². The first kappa shape index (κ1) is 14.5. The molecule has 1 amide bonds. The number of nitrogens with zero attached hydrogens (tertiary/aromatic N) is 1. The van der Waals surface area contributed by atoms with Crippen LogP contribution in [0.25, 0.3) is 0 Å². The van der Waals surface area contributed by atoms with Crippen molar-refractivity contribution < 1.29 is 9.90 Å². The van der Waals surface area contributed by atoms with Gasteiger partial charge in [-0.25, -0.2) is 0 Å². The molecule has 0 aliphatic carbocycles. The number of hydrogen-bond acceptors (Lipinski definition) is 3. The summed E-state index contributed by atoms with van der Waals surface area (Å²) in [5.41, 5.74) is 5.67. The molecule has 0 spiro atoms. The summed E-state index contributed by atoms with van der Waals surface area (Å²) < 4.78 is 0. The second-order valence-electron chi connectivity index (χ2n) is 5.23. The van der Waals surface area contributed by atoms with E-state index < -0.39 is 0 Å². The van der Waals surface area contributed by atoms with E-state index in [4.69, 9.17) is 10.8 Å². The largest absolute Gasteiger partial charge is 0.396 e. The summed E-state index contributed by atoms with van der Waals surface area (Å²) in [7, 11) is 0. The highest BCUT2D eigenvalue weighted by Crippen LogP contribution is 2.20. The molecule has 1 aliphatic heterocycles. The van der Waals surface area contributed by atoms with Gasteiger partial charge in [0.05, 0.1) is 0 Å². The lowest BCUT2D eigenvalue weighted by atomic mass is 9.95. The Kier molecular flexibility index (Phi) is 6.52. The molecular weight excluding hydrogens is 216 g/mol. The SMILES string of the molecule is CC(N)CCCC(=O)N1CCCC(CCO)C1. The molecule has 0 bridgehead atoms. The van der Waals surface area contributed by atoms with E-state index in [9.17, 15) is 4.79 Å². The summed E-state index contributed by atoms with van der Waals surface area (Å²) in [6, 6.07) is 0.186. The second-order valence-corrected chi connectivity index (χ2v) is 5.23. The van der Waals surface area contributed by atoms with Crippen molar-refractivity contribution in [2.45, 2.75) is 51.5 Å². The van der Waals surface area contributed by atoms with Crippen molar-refractivity contribution in [1.29, 1.82) is 0 Å². The van der Waals surface area contributed by atoms with Crippen LogP contribution in [-0.2, 0) is 4.79 Å². The first-order valence-electron chi connectivity index (χ1n) is 6.77. The normalized spacial score (nSPS) is 22.5. The van der Waals surface area contributed by atoms with E-state index in [-0.39, 0.29) is 18.6 Å². The highest BCUT2D eigenvalue weighted by Gasteiger charge is 2.22. The van der Waals surface area contributed by atoms with E-state index in [2.05, 4.69) is 0 Å². The van der Waals surface area contributed by atoms with Gasteiger partial charge in [-0.05, 0) is 44.9 Å². The number of carbonyl (C=O) groups is 1. The predicted octanol–water partition coefficient (Wildman–Crippen LogP) is 1.12. The zero-order valence-corrected chi connectivity index (χ0v) is 10.9. The maximum atomic E-state index is 12.0. The standard InChI is InChI=1S/C13H26N2O2/c1-11(14)4-2-6-13(17)15-8-3-5-12(10-15)7-9-16/h11-12,16H,2-10,14H2,1H3. The number of nitrogens with two attached hydrogens (primary N) is 1. The minimum atomic E-state index is 0.186. The fraction of sp³-hybridized carbons (Fsp3) is 0.923. The van der Waals surface area contributed by atoms with E-state index in [1.54, 1.807) is 0 Å². The van der Waals surface area contributed by atoms with Gasteiger partial charge in [-0.2, -0.15) is 0 Å². The van der Waals surface area contributed by atoms with Crippen LogP contribution in [-0.4, -0.2) is 41.7 Å². The Morgan fingerprint density at radius 3 is 3.00 bits per heavy atom. The van der Waals surface area contributed by atoms with Gasteiger partial charge >= 0.3 is 0 Å². The molecule has 1 fully saturated rings.